The summed E-state index contributed by atoms with van der Waals surface area (Å²) in [6.45, 7) is 2.78. The van der Waals surface area contributed by atoms with E-state index in [9.17, 15) is 4.79 Å². The van der Waals surface area contributed by atoms with Gasteiger partial charge < -0.3 is 47.4 Å². The zero-order chi connectivity index (χ0) is 50.6. The first-order valence-corrected chi connectivity index (χ1v) is 26.1. The van der Waals surface area contributed by atoms with E-state index in [2.05, 4.69) is 12.1 Å². The van der Waals surface area contributed by atoms with Crippen molar-refractivity contribution >= 4 is 17.7 Å². The Hall–Kier alpha value is -6.00. The molecule has 0 aromatic heterocycles. The second kappa shape index (κ2) is 28.1. The van der Waals surface area contributed by atoms with Gasteiger partial charge in [0.05, 0.1) is 46.2 Å². The van der Waals surface area contributed by atoms with E-state index in [1.807, 2.05) is 200 Å². The average molecular weight is 1020 g/mol. The Morgan fingerprint density at radius 3 is 1.05 bits per heavy atom. The molecule has 0 N–H and O–H groups in total. The van der Waals surface area contributed by atoms with Gasteiger partial charge in [-0.1, -0.05) is 212 Å². The van der Waals surface area contributed by atoms with Gasteiger partial charge in [0.25, 0.3) is 0 Å². The van der Waals surface area contributed by atoms with Crippen molar-refractivity contribution in [1.29, 1.82) is 0 Å². The van der Waals surface area contributed by atoms with E-state index in [1.54, 1.807) is 11.8 Å². The van der Waals surface area contributed by atoms with E-state index in [0.29, 0.717) is 13.2 Å². The van der Waals surface area contributed by atoms with Crippen molar-refractivity contribution < 1.29 is 52.2 Å². The largest absolute Gasteiger partial charge is 0.463 e. The molecule has 11 nitrogen and oxygen atoms in total. The maximum absolute atomic E-state index is 12.5. The summed E-state index contributed by atoms with van der Waals surface area (Å²) in [7, 11) is 0. The highest BCUT2D eigenvalue weighted by molar-refractivity contribution is 7.99. The van der Waals surface area contributed by atoms with Crippen LogP contribution >= 0.6 is 11.8 Å². The van der Waals surface area contributed by atoms with Crippen LogP contribution in [0.4, 0.5) is 0 Å². The van der Waals surface area contributed by atoms with Gasteiger partial charge in [-0.05, 0) is 45.5 Å². The van der Waals surface area contributed by atoms with Gasteiger partial charge in [-0.2, -0.15) is 0 Å². The summed E-state index contributed by atoms with van der Waals surface area (Å²) in [4.78, 5) is 13.5. The predicted octanol–water partition coefficient (Wildman–Crippen LogP) is 11.3. The summed E-state index contributed by atoms with van der Waals surface area (Å²) in [6, 6.07) is 70.1. The third-order valence-electron chi connectivity index (χ3n) is 12.8. The molecule has 0 amide bonds. The lowest BCUT2D eigenvalue weighted by Crippen LogP contribution is -2.63. The fourth-order valence-corrected chi connectivity index (χ4v) is 10.2. The maximum atomic E-state index is 12.5. The molecule has 7 aromatic carbocycles. The molecule has 0 bridgehead atoms. The van der Waals surface area contributed by atoms with E-state index in [1.165, 1.54) is 6.92 Å². The second-order valence-electron chi connectivity index (χ2n) is 18.2. The van der Waals surface area contributed by atoms with Crippen LogP contribution in [0.15, 0.2) is 217 Å². The molecule has 10 atom stereocenters. The van der Waals surface area contributed by atoms with Crippen LogP contribution in [0.1, 0.15) is 40.3 Å². The predicted molar refractivity (Wildman–Crippen MR) is 282 cm³/mol. The number of esters is 1. The minimum absolute atomic E-state index is 0.0288. The van der Waals surface area contributed by atoms with E-state index in [4.69, 9.17) is 47.4 Å². The third kappa shape index (κ3) is 15.5. The second-order valence-corrected chi connectivity index (χ2v) is 19.4. The van der Waals surface area contributed by atoms with Crippen molar-refractivity contribution in [3.05, 3.63) is 246 Å². The fraction of sp³-hybridized carbons (Fsp3) is 0.306. The summed E-state index contributed by atoms with van der Waals surface area (Å²) >= 11 is 1.56. The number of ether oxygens (including phenoxy) is 10. The third-order valence-corrected chi connectivity index (χ3v) is 13.9. The van der Waals surface area contributed by atoms with E-state index >= 15 is 0 Å². The Labute approximate surface area is 438 Å². The Morgan fingerprint density at radius 1 is 0.365 bits per heavy atom. The zero-order valence-electron chi connectivity index (χ0n) is 41.5. The normalized spacial score (nSPS) is 23.7. The molecule has 1 unspecified atom stereocenters. The minimum Gasteiger partial charge on any atom is -0.463 e. The average Bonchev–Trinajstić information content (AvgIpc) is 3.45. The number of hydrogen-bond acceptors (Lipinski definition) is 12. The van der Waals surface area contributed by atoms with Crippen LogP contribution in [0.5, 0.6) is 0 Å². The topological polar surface area (TPSA) is 109 Å². The first kappa shape index (κ1) is 52.8. The maximum Gasteiger partial charge on any atom is 0.302 e. The van der Waals surface area contributed by atoms with Crippen molar-refractivity contribution in [1.82, 2.24) is 0 Å². The molecular formula is C62H64O11S. The highest BCUT2D eigenvalue weighted by Gasteiger charge is 2.52. The van der Waals surface area contributed by atoms with Gasteiger partial charge in [-0.3, -0.25) is 4.79 Å². The molecule has 74 heavy (non-hydrogen) atoms. The highest BCUT2D eigenvalue weighted by atomic mass is 32.2. The van der Waals surface area contributed by atoms with Crippen LogP contribution in [0.2, 0.25) is 0 Å². The molecule has 7 aromatic rings. The monoisotopic (exact) mass is 1020 g/mol. The summed E-state index contributed by atoms with van der Waals surface area (Å²) in [5.41, 5.74) is 5.27. The summed E-state index contributed by atoms with van der Waals surface area (Å²) in [6.07, 6.45) is -7.04. The molecule has 2 saturated heterocycles. The van der Waals surface area contributed by atoms with Gasteiger partial charge in [0.1, 0.15) is 60.9 Å². The number of carbonyl (C=O) groups excluding carboxylic acids is 1. The molecule has 0 saturated carbocycles. The molecule has 0 spiro atoms. The van der Waals surface area contributed by atoms with E-state index in [-0.39, 0.29) is 39.6 Å². The number of thioether (sulfide) groups is 1. The van der Waals surface area contributed by atoms with Crippen LogP contribution in [0, 0.1) is 0 Å². The van der Waals surface area contributed by atoms with Gasteiger partial charge in [0.2, 0.25) is 0 Å². The molecule has 2 aliphatic heterocycles. The van der Waals surface area contributed by atoms with Crippen molar-refractivity contribution in [2.45, 2.75) is 112 Å². The van der Waals surface area contributed by atoms with Crippen LogP contribution < -0.4 is 0 Å². The van der Waals surface area contributed by atoms with Gasteiger partial charge in [0, 0.05) is 11.8 Å². The van der Waals surface area contributed by atoms with Crippen LogP contribution in [0.25, 0.3) is 0 Å². The SMILES string of the molecule is CC(=O)OC[C@H]1O[C@H](OC[C@H]2OC(Sc3ccccc3)[C@H](OCc3ccccc3)[C@@H](OCc3ccccc3)[C@@H]2OCc2ccccc2)[C@H](OCc2ccccc2)[C@@H](OCc2ccccc2)[C@@H]1OCc1ccccc1. The molecule has 12 heteroatoms. The lowest BCUT2D eigenvalue weighted by molar-refractivity contribution is -0.336. The summed E-state index contributed by atoms with van der Waals surface area (Å²) in [5, 5.41) is 0. The quantitative estimate of drug-likeness (QED) is 0.0509. The molecule has 2 fully saturated rings. The molecule has 2 heterocycles. The first-order valence-electron chi connectivity index (χ1n) is 25.2. The molecule has 384 valence electrons. The van der Waals surface area contributed by atoms with Gasteiger partial charge in [-0.25, -0.2) is 0 Å². The standard InChI is InChI=1S/C62H64O11S/c1-45(63)64-43-53-55(65-37-46-23-9-2-10-24-46)57(67-39-48-27-13-4-14-28-48)59(69-41-50-31-17-6-18-32-50)61(72-53)71-44-54-56(66-38-47-25-11-3-12-26-47)58(68-40-49-29-15-5-16-30-49)60(70-42-51-33-19-7-20-34-51)62(73-54)74-52-35-21-8-22-36-52/h2-36,53-62H,37-44H2,1H3/t53-,54-,55-,56-,57+,58+,59-,60-,61+,62?/m1/s1. The van der Waals surface area contributed by atoms with Gasteiger partial charge >= 0.3 is 5.97 Å². The number of carbonyl (C=O) groups is 1. The van der Waals surface area contributed by atoms with Crippen molar-refractivity contribution in [3.8, 4) is 0 Å². The molecular weight excluding hydrogens is 953 g/mol. The summed E-state index contributed by atoms with van der Waals surface area (Å²) in [5.74, 6) is -0.460. The Balaban J connectivity index is 1.08. The Bertz CT molecular complexity index is 2660. The van der Waals surface area contributed by atoms with Gasteiger partial charge in [0.15, 0.2) is 6.29 Å². The smallest absolute Gasteiger partial charge is 0.302 e. The zero-order valence-corrected chi connectivity index (χ0v) is 42.4. The number of rotatable bonds is 25. The Morgan fingerprint density at radius 2 is 0.676 bits per heavy atom. The number of benzene rings is 7. The lowest BCUT2D eigenvalue weighted by atomic mass is 9.97. The number of hydrogen-bond donors (Lipinski definition) is 0. The molecule has 9 rings (SSSR count). The van der Waals surface area contributed by atoms with Crippen LogP contribution in [-0.2, 0) is 91.8 Å². The van der Waals surface area contributed by atoms with E-state index in [0.717, 1.165) is 38.3 Å². The van der Waals surface area contributed by atoms with Crippen LogP contribution in [-0.4, -0.2) is 79.7 Å². The molecule has 0 aliphatic carbocycles. The van der Waals surface area contributed by atoms with Crippen molar-refractivity contribution in [2.24, 2.45) is 0 Å². The fourth-order valence-electron chi connectivity index (χ4n) is 9.01. The minimum atomic E-state index is -1.08. The highest BCUT2D eigenvalue weighted by Crippen LogP contribution is 2.39. The van der Waals surface area contributed by atoms with Crippen molar-refractivity contribution in [2.75, 3.05) is 13.2 Å². The van der Waals surface area contributed by atoms with Gasteiger partial charge in [-0.15, -0.1) is 0 Å². The first-order chi connectivity index (χ1) is 36.5. The molecule has 2 aliphatic rings. The van der Waals surface area contributed by atoms with Crippen LogP contribution in [0.3, 0.4) is 0 Å². The summed E-state index contributed by atoms with van der Waals surface area (Å²) < 4.78 is 68.7. The Kier molecular flexibility index (Phi) is 20.0. The van der Waals surface area contributed by atoms with Crippen molar-refractivity contribution in [3.63, 3.8) is 0 Å². The van der Waals surface area contributed by atoms with E-state index < -0.39 is 66.5 Å². The molecule has 0 radical (unpaired) electrons. The lowest BCUT2D eigenvalue weighted by Gasteiger charge is -2.48.